The van der Waals surface area contributed by atoms with Crippen LogP contribution in [0, 0.1) is 0 Å². The molecule has 0 unspecified atom stereocenters. The van der Waals surface area contributed by atoms with Crippen molar-refractivity contribution < 1.29 is 38.0 Å². The molecule has 0 aliphatic heterocycles. The highest BCUT2D eigenvalue weighted by molar-refractivity contribution is 5.74. The Morgan fingerprint density at radius 1 is 0.476 bits per heavy atom. The van der Waals surface area contributed by atoms with E-state index in [4.69, 9.17) is 33.2 Å². The van der Waals surface area contributed by atoms with Gasteiger partial charge in [0.25, 0.3) is 0 Å². The van der Waals surface area contributed by atoms with E-state index in [1.165, 1.54) is 50.5 Å². The molecule has 42 heavy (non-hydrogen) atoms. The Hall–Kier alpha value is -2.49. The summed E-state index contributed by atoms with van der Waals surface area (Å²) in [7, 11) is 0. The molecule has 0 aromatic heterocycles. The van der Waals surface area contributed by atoms with Crippen LogP contribution in [0.2, 0.25) is 0 Å². The van der Waals surface area contributed by atoms with E-state index in [9.17, 15) is 4.79 Å². The topological polar surface area (TPSA) is 81.7 Å². The van der Waals surface area contributed by atoms with Crippen molar-refractivity contribution in [2.45, 2.75) is 58.3 Å². The zero-order chi connectivity index (χ0) is 29.8. The number of unbranched alkanes of at least 4 members (excludes halogenated alkanes) is 6. The number of aryl methyl sites for hydroxylation is 1. The van der Waals surface area contributed by atoms with Gasteiger partial charge in [-0.05, 0) is 54.8 Å². The lowest BCUT2D eigenvalue weighted by molar-refractivity contribution is -0.0141. The fourth-order valence-corrected chi connectivity index (χ4v) is 4.10. The summed E-state index contributed by atoms with van der Waals surface area (Å²) in [6, 6.07) is 15.4. The normalized spacial score (nSPS) is 11.1. The molecule has 0 N–H and O–H groups in total. The van der Waals surface area contributed by atoms with Gasteiger partial charge in [0.2, 0.25) is 0 Å². The lowest BCUT2D eigenvalue weighted by Crippen LogP contribution is -2.15. The van der Waals surface area contributed by atoms with Crippen LogP contribution >= 0.6 is 0 Å². The summed E-state index contributed by atoms with van der Waals surface area (Å²) in [5.41, 5.74) is 2.01. The number of hydrogen-bond acceptors (Lipinski definition) is 8. The van der Waals surface area contributed by atoms with Gasteiger partial charge in [0.15, 0.2) is 0 Å². The molecule has 0 spiro atoms. The van der Waals surface area contributed by atoms with Crippen molar-refractivity contribution in [3.63, 3.8) is 0 Å². The second-order valence-corrected chi connectivity index (χ2v) is 9.96. The number of rotatable bonds is 29. The van der Waals surface area contributed by atoms with E-state index in [1.807, 2.05) is 0 Å². The predicted molar refractivity (Wildman–Crippen MR) is 165 cm³/mol. The Labute approximate surface area is 252 Å². The minimum Gasteiger partial charge on any atom is -0.491 e. The molecule has 0 aliphatic rings. The minimum atomic E-state index is 0.441. The average Bonchev–Trinajstić information content (AvgIpc) is 3.02. The van der Waals surface area contributed by atoms with Crippen molar-refractivity contribution in [1.82, 2.24) is 0 Å². The Morgan fingerprint density at radius 2 is 0.857 bits per heavy atom. The van der Waals surface area contributed by atoms with Gasteiger partial charge in [-0.2, -0.15) is 0 Å². The quantitative estimate of drug-likeness (QED) is 0.0805. The molecular weight excluding hydrogens is 536 g/mol. The molecule has 8 heteroatoms. The van der Waals surface area contributed by atoms with Gasteiger partial charge in [-0.15, -0.1) is 0 Å². The third-order valence-corrected chi connectivity index (χ3v) is 6.49. The zero-order valence-corrected chi connectivity index (χ0v) is 25.6. The van der Waals surface area contributed by atoms with Gasteiger partial charge in [-0.1, -0.05) is 57.6 Å². The molecule has 8 nitrogen and oxygen atoms in total. The van der Waals surface area contributed by atoms with Crippen LogP contribution < -0.4 is 9.47 Å². The fourth-order valence-electron chi connectivity index (χ4n) is 4.10. The first kappa shape index (κ1) is 35.7. The number of hydrogen-bond donors (Lipinski definition) is 0. The molecule has 236 valence electrons. The predicted octanol–water partition coefficient (Wildman–Crippen LogP) is 6.33. The molecule has 0 saturated carbocycles. The van der Waals surface area contributed by atoms with Crippen LogP contribution in [0.3, 0.4) is 0 Å². The maximum atomic E-state index is 10.6. The van der Waals surface area contributed by atoms with E-state index < -0.39 is 0 Å². The van der Waals surface area contributed by atoms with Crippen LogP contribution in [0.1, 0.15) is 67.8 Å². The lowest BCUT2D eigenvalue weighted by atomic mass is 10.0. The van der Waals surface area contributed by atoms with Gasteiger partial charge in [0.05, 0.1) is 66.1 Å². The molecule has 2 aromatic carbocycles. The van der Waals surface area contributed by atoms with Crippen LogP contribution in [0.5, 0.6) is 11.5 Å². The molecule has 0 atom stereocenters. The van der Waals surface area contributed by atoms with Gasteiger partial charge >= 0.3 is 0 Å². The lowest BCUT2D eigenvalue weighted by Gasteiger charge is -2.09. The van der Waals surface area contributed by atoms with E-state index >= 15 is 0 Å². The smallest absolute Gasteiger partial charge is 0.150 e. The summed E-state index contributed by atoms with van der Waals surface area (Å²) < 4.78 is 38.9. The molecule has 0 heterocycles. The van der Waals surface area contributed by atoms with Gasteiger partial charge < -0.3 is 33.2 Å². The largest absolute Gasteiger partial charge is 0.491 e. The number of ether oxygens (including phenoxy) is 7. The van der Waals surface area contributed by atoms with Crippen molar-refractivity contribution in [3.8, 4) is 11.5 Å². The maximum absolute atomic E-state index is 10.6. The summed E-state index contributed by atoms with van der Waals surface area (Å²) in [4.78, 5) is 10.6. The first-order chi connectivity index (χ1) is 20.8. The van der Waals surface area contributed by atoms with Crippen LogP contribution in [0.25, 0.3) is 0 Å². The van der Waals surface area contributed by atoms with Crippen molar-refractivity contribution in [3.05, 3.63) is 59.7 Å². The first-order valence-electron chi connectivity index (χ1n) is 15.6. The highest BCUT2D eigenvalue weighted by Crippen LogP contribution is 2.15. The maximum Gasteiger partial charge on any atom is 0.150 e. The van der Waals surface area contributed by atoms with Gasteiger partial charge in [0, 0.05) is 5.56 Å². The summed E-state index contributed by atoms with van der Waals surface area (Å²) in [5.74, 6) is 1.60. The van der Waals surface area contributed by atoms with Gasteiger partial charge in [-0.3, -0.25) is 4.79 Å². The number of benzene rings is 2. The minimum absolute atomic E-state index is 0.441. The van der Waals surface area contributed by atoms with E-state index in [2.05, 4.69) is 31.2 Å². The molecule has 0 amide bonds. The van der Waals surface area contributed by atoms with Crippen molar-refractivity contribution in [1.29, 1.82) is 0 Å². The SMILES string of the molecule is CCCCCCCCCc1ccc(OCCOCCOCCOCCOCCOCCOc2ccc(C=O)cc2)cc1. The number of carbonyl (C=O) groups is 1. The molecule has 0 fully saturated rings. The van der Waals surface area contributed by atoms with E-state index in [0.29, 0.717) is 90.6 Å². The van der Waals surface area contributed by atoms with Crippen LogP contribution in [-0.4, -0.2) is 85.6 Å². The summed E-state index contributed by atoms with van der Waals surface area (Å²) in [6.07, 6.45) is 11.3. The molecule has 0 radical (unpaired) electrons. The third-order valence-electron chi connectivity index (χ3n) is 6.49. The second-order valence-electron chi connectivity index (χ2n) is 9.96. The molecular formula is C34H52O8. The Bertz CT molecular complexity index is 872. The first-order valence-corrected chi connectivity index (χ1v) is 15.6. The van der Waals surface area contributed by atoms with Crippen molar-refractivity contribution in [2.24, 2.45) is 0 Å². The second kappa shape index (κ2) is 26.2. The van der Waals surface area contributed by atoms with Crippen LogP contribution in [-0.2, 0) is 30.1 Å². The third kappa shape index (κ3) is 19.6. The Morgan fingerprint density at radius 3 is 1.29 bits per heavy atom. The van der Waals surface area contributed by atoms with Gasteiger partial charge in [0.1, 0.15) is 31.0 Å². The van der Waals surface area contributed by atoms with Crippen molar-refractivity contribution in [2.75, 3.05) is 79.3 Å². The number of carbonyl (C=O) groups excluding carboxylic acids is 1. The van der Waals surface area contributed by atoms with Crippen LogP contribution in [0.4, 0.5) is 0 Å². The van der Waals surface area contributed by atoms with E-state index in [0.717, 1.165) is 18.5 Å². The molecule has 2 aromatic rings. The zero-order valence-electron chi connectivity index (χ0n) is 25.6. The Kier molecular flexibility index (Phi) is 22.2. The van der Waals surface area contributed by atoms with E-state index in [1.54, 1.807) is 24.3 Å². The summed E-state index contributed by atoms with van der Waals surface area (Å²) in [5, 5.41) is 0. The summed E-state index contributed by atoms with van der Waals surface area (Å²) in [6.45, 7) is 8.33. The van der Waals surface area contributed by atoms with Crippen LogP contribution in [0.15, 0.2) is 48.5 Å². The van der Waals surface area contributed by atoms with E-state index in [-0.39, 0.29) is 0 Å². The highest BCUT2D eigenvalue weighted by Gasteiger charge is 1.99. The number of aldehydes is 1. The standard InChI is InChI=1S/C34H52O8/c1-2-3-4-5-6-7-8-9-31-10-14-33(15-11-31)41-28-26-39-24-22-37-20-18-36-19-21-38-23-25-40-27-29-42-34-16-12-32(30-35)13-17-34/h10-17,30H,2-9,18-29H2,1H3. The molecule has 0 saturated heterocycles. The highest BCUT2D eigenvalue weighted by atomic mass is 16.6. The van der Waals surface area contributed by atoms with Crippen molar-refractivity contribution >= 4 is 6.29 Å². The fraction of sp³-hybridized carbons (Fsp3) is 0.618. The average molecular weight is 589 g/mol. The monoisotopic (exact) mass is 588 g/mol. The van der Waals surface area contributed by atoms with Gasteiger partial charge in [-0.25, -0.2) is 0 Å². The molecule has 0 aliphatic carbocycles. The molecule has 0 bridgehead atoms. The summed E-state index contributed by atoms with van der Waals surface area (Å²) >= 11 is 0. The molecule has 2 rings (SSSR count). The Balaban J connectivity index is 1.26.